The first-order chi connectivity index (χ1) is 17.8. The van der Waals surface area contributed by atoms with Crippen LogP contribution in [0.3, 0.4) is 0 Å². The van der Waals surface area contributed by atoms with E-state index in [4.69, 9.17) is 21.7 Å². The molecule has 1 fully saturated rings. The molecule has 3 aromatic carbocycles. The first-order valence-corrected chi connectivity index (χ1v) is 13.3. The molecule has 0 atom stereocenters. The first-order valence-electron chi connectivity index (χ1n) is 11.8. The van der Waals surface area contributed by atoms with Crippen molar-refractivity contribution in [3.63, 3.8) is 0 Å². The summed E-state index contributed by atoms with van der Waals surface area (Å²) in [7, 11) is 1.56. The van der Waals surface area contributed by atoms with E-state index in [1.165, 1.54) is 9.80 Å². The van der Waals surface area contributed by atoms with Gasteiger partial charge >= 0.3 is 0 Å². The molecule has 1 aliphatic rings. The lowest BCUT2D eigenvalue weighted by atomic mass is 10.0. The lowest BCUT2D eigenvalue weighted by molar-refractivity contribution is -0.120. The number of hydrogen-bond donors (Lipinski definition) is 0. The molecule has 2 amide bonds. The third kappa shape index (κ3) is 5.40. The molecule has 0 aliphatic carbocycles. The SMILES string of the molecule is CCCOc1c(I)cc(/C=C2\C(=O)N(c3ccccc3)C(=S)N(c3ccc(C)c(C)c3)C2=O)cc1OC. The largest absolute Gasteiger partial charge is 0.493 e. The summed E-state index contributed by atoms with van der Waals surface area (Å²) in [4.78, 5) is 30.4. The number of thiocarbonyl (C=S) groups is 1. The van der Waals surface area contributed by atoms with Crippen LogP contribution in [0.1, 0.15) is 30.0 Å². The number of hydrogen-bond acceptors (Lipinski definition) is 5. The second-order valence-electron chi connectivity index (χ2n) is 8.61. The normalized spacial score (nSPS) is 14.9. The van der Waals surface area contributed by atoms with E-state index in [1.807, 2.05) is 63.2 Å². The minimum Gasteiger partial charge on any atom is -0.493 e. The summed E-state index contributed by atoms with van der Waals surface area (Å²) >= 11 is 7.89. The molecule has 1 saturated heterocycles. The molecule has 0 aromatic heterocycles. The number of carbonyl (C=O) groups excluding carboxylic acids is 2. The van der Waals surface area contributed by atoms with Crippen LogP contribution >= 0.6 is 34.8 Å². The van der Waals surface area contributed by atoms with Crippen LogP contribution in [-0.4, -0.2) is 30.6 Å². The van der Waals surface area contributed by atoms with Crippen molar-refractivity contribution in [1.82, 2.24) is 0 Å². The molecular weight excluding hydrogens is 599 g/mol. The maximum atomic E-state index is 13.8. The topological polar surface area (TPSA) is 59.1 Å². The molecule has 1 aliphatic heterocycles. The van der Waals surface area contributed by atoms with Crippen molar-refractivity contribution in [2.24, 2.45) is 0 Å². The van der Waals surface area contributed by atoms with Crippen molar-refractivity contribution in [3.05, 3.63) is 86.5 Å². The van der Waals surface area contributed by atoms with Crippen LogP contribution in [0.2, 0.25) is 0 Å². The van der Waals surface area contributed by atoms with Gasteiger partial charge in [-0.05, 0) is 114 Å². The third-order valence-electron chi connectivity index (χ3n) is 6.03. The van der Waals surface area contributed by atoms with E-state index in [2.05, 4.69) is 22.6 Å². The fourth-order valence-electron chi connectivity index (χ4n) is 3.96. The van der Waals surface area contributed by atoms with Crippen LogP contribution in [0, 0.1) is 17.4 Å². The fourth-order valence-corrected chi connectivity index (χ4v) is 5.12. The van der Waals surface area contributed by atoms with Gasteiger partial charge in [-0.1, -0.05) is 31.2 Å². The van der Waals surface area contributed by atoms with E-state index in [1.54, 1.807) is 31.4 Å². The van der Waals surface area contributed by atoms with E-state index in [-0.39, 0.29) is 10.7 Å². The van der Waals surface area contributed by atoms with Crippen LogP contribution in [0.25, 0.3) is 6.08 Å². The molecule has 3 aromatic rings. The summed E-state index contributed by atoms with van der Waals surface area (Å²) in [5.41, 5.74) is 3.94. The van der Waals surface area contributed by atoms with E-state index >= 15 is 0 Å². The number of nitrogens with zero attached hydrogens (tertiary/aromatic N) is 2. The highest BCUT2D eigenvalue weighted by Gasteiger charge is 2.41. The highest BCUT2D eigenvalue weighted by atomic mass is 127. The smallest absolute Gasteiger partial charge is 0.270 e. The minimum absolute atomic E-state index is 0.00393. The number of aryl methyl sites for hydroxylation is 2. The van der Waals surface area contributed by atoms with Gasteiger partial charge in [0.05, 0.1) is 28.7 Å². The van der Waals surface area contributed by atoms with Gasteiger partial charge in [-0.25, -0.2) is 0 Å². The maximum absolute atomic E-state index is 13.8. The summed E-state index contributed by atoms with van der Waals surface area (Å²) in [6.45, 7) is 6.56. The number of halogens is 1. The predicted molar refractivity (Wildman–Crippen MR) is 159 cm³/mol. The Kier molecular flexibility index (Phi) is 8.29. The van der Waals surface area contributed by atoms with E-state index in [0.717, 1.165) is 21.1 Å². The summed E-state index contributed by atoms with van der Waals surface area (Å²) in [6, 6.07) is 18.4. The zero-order valence-electron chi connectivity index (χ0n) is 21.1. The summed E-state index contributed by atoms with van der Waals surface area (Å²) in [5, 5.41) is 0.108. The van der Waals surface area contributed by atoms with Crippen molar-refractivity contribution in [2.45, 2.75) is 27.2 Å². The van der Waals surface area contributed by atoms with Crippen molar-refractivity contribution in [1.29, 1.82) is 0 Å². The molecule has 37 heavy (non-hydrogen) atoms. The van der Waals surface area contributed by atoms with Crippen LogP contribution < -0.4 is 19.3 Å². The Labute approximate surface area is 236 Å². The average molecular weight is 627 g/mol. The molecule has 0 unspecified atom stereocenters. The molecule has 0 N–H and O–H groups in total. The molecule has 6 nitrogen and oxygen atoms in total. The molecule has 190 valence electrons. The molecule has 0 bridgehead atoms. The van der Waals surface area contributed by atoms with E-state index < -0.39 is 11.8 Å². The number of rotatable bonds is 7. The van der Waals surface area contributed by atoms with Gasteiger partial charge in [0.1, 0.15) is 5.57 Å². The maximum Gasteiger partial charge on any atom is 0.270 e. The lowest BCUT2D eigenvalue weighted by Crippen LogP contribution is -2.57. The van der Waals surface area contributed by atoms with Gasteiger partial charge in [-0.3, -0.25) is 19.4 Å². The number of benzene rings is 3. The molecular formula is C29H27IN2O4S. The molecule has 0 saturated carbocycles. The number of carbonyl (C=O) groups is 2. The molecule has 1 heterocycles. The second-order valence-corrected chi connectivity index (χ2v) is 10.1. The Morgan fingerprint density at radius 3 is 2.22 bits per heavy atom. The molecule has 4 rings (SSSR count). The Morgan fingerprint density at radius 1 is 0.919 bits per heavy atom. The zero-order chi connectivity index (χ0) is 26.7. The Balaban J connectivity index is 1.86. The van der Waals surface area contributed by atoms with Crippen molar-refractivity contribution in [3.8, 4) is 11.5 Å². The van der Waals surface area contributed by atoms with Crippen molar-refractivity contribution in [2.75, 3.05) is 23.5 Å². The number of amides is 2. The number of methoxy groups -OCH3 is 1. The monoisotopic (exact) mass is 626 g/mol. The van der Waals surface area contributed by atoms with Gasteiger partial charge < -0.3 is 9.47 Å². The van der Waals surface area contributed by atoms with Gasteiger partial charge in [0, 0.05) is 0 Å². The predicted octanol–water partition coefficient (Wildman–Crippen LogP) is 6.45. The van der Waals surface area contributed by atoms with Crippen LogP contribution in [0.15, 0.2) is 66.2 Å². The number of para-hydroxylation sites is 1. The van der Waals surface area contributed by atoms with E-state index in [9.17, 15) is 9.59 Å². The van der Waals surface area contributed by atoms with Gasteiger partial charge in [0.25, 0.3) is 11.8 Å². The summed E-state index contributed by atoms with van der Waals surface area (Å²) in [5.74, 6) is 0.203. The minimum atomic E-state index is -0.485. The quantitative estimate of drug-likeness (QED) is 0.131. The zero-order valence-corrected chi connectivity index (χ0v) is 24.1. The molecule has 8 heteroatoms. The van der Waals surface area contributed by atoms with E-state index in [0.29, 0.717) is 35.0 Å². The lowest BCUT2D eigenvalue weighted by Gasteiger charge is -2.36. The third-order valence-corrected chi connectivity index (χ3v) is 7.19. The van der Waals surface area contributed by atoms with Crippen LogP contribution in [0.5, 0.6) is 11.5 Å². The standard InChI is InChI=1S/C29H27IN2O4S/c1-5-13-36-26-24(30)16-20(17-25(26)35-4)15-23-27(33)31(21-9-7-6-8-10-21)29(37)32(28(23)34)22-12-11-18(2)19(3)14-22/h6-12,14-17H,5,13H2,1-4H3/b23-15+. The Hall–Kier alpha value is -3.24. The highest BCUT2D eigenvalue weighted by Crippen LogP contribution is 2.36. The average Bonchev–Trinajstić information content (AvgIpc) is 2.88. The van der Waals surface area contributed by atoms with Crippen LogP contribution in [0.4, 0.5) is 11.4 Å². The van der Waals surface area contributed by atoms with Crippen LogP contribution in [-0.2, 0) is 9.59 Å². The van der Waals surface area contributed by atoms with Gasteiger partial charge in [0.15, 0.2) is 16.6 Å². The van der Waals surface area contributed by atoms with Crippen molar-refractivity contribution < 1.29 is 19.1 Å². The fraction of sp³-hybridized carbons (Fsp3) is 0.207. The van der Waals surface area contributed by atoms with Crippen molar-refractivity contribution >= 4 is 69.2 Å². The van der Waals surface area contributed by atoms with Gasteiger partial charge in [0.2, 0.25) is 0 Å². The second kappa shape index (κ2) is 11.4. The highest BCUT2D eigenvalue weighted by molar-refractivity contribution is 14.1. The Morgan fingerprint density at radius 2 is 1.59 bits per heavy atom. The molecule has 0 spiro atoms. The first kappa shape index (κ1) is 26.8. The van der Waals surface area contributed by atoms with Gasteiger partial charge in [-0.2, -0.15) is 0 Å². The molecule has 0 radical (unpaired) electrons. The van der Waals surface area contributed by atoms with Gasteiger partial charge in [-0.15, -0.1) is 0 Å². The number of anilines is 2. The summed E-state index contributed by atoms with van der Waals surface area (Å²) < 4.78 is 12.2. The number of ether oxygens (including phenoxy) is 2. The summed E-state index contributed by atoms with van der Waals surface area (Å²) in [6.07, 6.45) is 2.45. The Bertz CT molecular complexity index is 1400.